The zero-order chi connectivity index (χ0) is 13.8. The van der Waals surface area contributed by atoms with Gasteiger partial charge in [-0.05, 0) is 25.0 Å². The molecule has 1 aliphatic heterocycles. The molecule has 104 valence electrons. The van der Waals surface area contributed by atoms with Gasteiger partial charge in [0, 0.05) is 13.1 Å². The molecule has 0 saturated carbocycles. The Bertz CT molecular complexity index is 452. The van der Waals surface area contributed by atoms with Crippen LogP contribution in [0.3, 0.4) is 0 Å². The Kier molecular flexibility index (Phi) is 4.66. The second-order valence-corrected chi connectivity index (χ2v) is 5.12. The van der Waals surface area contributed by atoms with Gasteiger partial charge in [0.25, 0.3) is 0 Å². The Morgan fingerprint density at radius 2 is 2.32 bits per heavy atom. The van der Waals surface area contributed by atoms with E-state index in [1.807, 2.05) is 30.0 Å². The molecule has 0 aliphatic carbocycles. The first-order valence-corrected chi connectivity index (χ1v) is 6.87. The van der Waals surface area contributed by atoms with E-state index in [0.29, 0.717) is 23.7 Å². The number of carboxylic acid groups (broad SMARTS) is 1. The third-order valence-corrected chi connectivity index (χ3v) is 3.73. The van der Waals surface area contributed by atoms with Crippen LogP contribution in [0.4, 0.5) is 0 Å². The number of para-hydroxylation sites is 1. The monoisotopic (exact) mass is 283 g/mol. The molecule has 19 heavy (non-hydrogen) atoms. The topological polar surface area (TPSA) is 49.8 Å². The number of likely N-dealkylation sites (tertiary alicyclic amines) is 1. The number of rotatable bonds is 5. The Labute approximate surface area is 117 Å². The van der Waals surface area contributed by atoms with Crippen LogP contribution in [0.1, 0.15) is 19.8 Å². The minimum absolute atomic E-state index is 0.00769. The fourth-order valence-electron chi connectivity index (χ4n) is 2.44. The van der Waals surface area contributed by atoms with Gasteiger partial charge in [-0.25, -0.2) is 0 Å². The summed E-state index contributed by atoms with van der Waals surface area (Å²) in [5, 5.41) is 9.74. The molecule has 1 aromatic rings. The summed E-state index contributed by atoms with van der Waals surface area (Å²) in [6, 6.07) is 6.93. The van der Waals surface area contributed by atoms with Gasteiger partial charge in [0.15, 0.2) is 0 Å². The Morgan fingerprint density at radius 3 is 2.95 bits per heavy atom. The highest BCUT2D eigenvalue weighted by atomic mass is 35.5. The predicted molar refractivity (Wildman–Crippen MR) is 73.8 cm³/mol. The maximum Gasteiger partial charge on any atom is 0.320 e. The first-order chi connectivity index (χ1) is 9.11. The molecule has 1 aliphatic rings. The smallest absolute Gasteiger partial charge is 0.320 e. The van der Waals surface area contributed by atoms with E-state index in [2.05, 4.69) is 0 Å². The molecule has 0 aromatic heterocycles. The summed E-state index contributed by atoms with van der Waals surface area (Å²) in [5.74, 6) is -0.0970. The lowest BCUT2D eigenvalue weighted by atomic mass is 10.2. The lowest BCUT2D eigenvalue weighted by Crippen LogP contribution is -2.40. The number of benzene rings is 1. The Balaban J connectivity index is 1.95. The largest absolute Gasteiger partial charge is 0.487 e. The molecule has 2 rings (SSSR count). The third-order valence-electron chi connectivity index (χ3n) is 3.42. The molecule has 0 bridgehead atoms. The highest BCUT2D eigenvalue weighted by Crippen LogP contribution is 2.27. The van der Waals surface area contributed by atoms with Crippen molar-refractivity contribution in [3.05, 3.63) is 29.3 Å². The van der Waals surface area contributed by atoms with E-state index in [9.17, 15) is 4.79 Å². The van der Waals surface area contributed by atoms with Gasteiger partial charge in [-0.1, -0.05) is 30.7 Å². The van der Waals surface area contributed by atoms with Gasteiger partial charge in [0.1, 0.15) is 17.9 Å². The van der Waals surface area contributed by atoms with Gasteiger partial charge in [-0.15, -0.1) is 0 Å². The summed E-state index contributed by atoms with van der Waals surface area (Å²) in [6.07, 6.45) is 1.44. The van der Waals surface area contributed by atoms with Crippen molar-refractivity contribution >= 4 is 17.6 Å². The predicted octanol–water partition coefficient (Wildman–Crippen LogP) is 2.66. The first-order valence-electron chi connectivity index (χ1n) is 6.50. The van der Waals surface area contributed by atoms with Crippen molar-refractivity contribution < 1.29 is 14.6 Å². The summed E-state index contributed by atoms with van der Waals surface area (Å²) >= 11 is 6.05. The SMILES string of the molecule is CCC(C(=O)O)N1CCC(Oc2ccccc2Cl)C1. The molecule has 1 N–H and O–H groups in total. The van der Waals surface area contributed by atoms with E-state index in [4.69, 9.17) is 21.4 Å². The Hall–Kier alpha value is -1.26. The zero-order valence-corrected chi connectivity index (χ0v) is 11.6. The van der Waals surface area contributed by atoms with Crippen LogP contribution in [-0.4, -0.2) is 41.2 Å². The molecule has 1 saturated heterocycles. The van der Waals surface area contributed by atoms with Crippen molar-refractivity contribution in [3.63, 3.8) is 0 Å². The van der Waals surface area contributed by atoms with E-state index >= 15 is 0 Å². The summed E-state index contributed by atoms with van der Waals surface area (Å²) in [6.45, 7) is 3.27. The van der Waals surface area contributed by atoms with E-state index in [0.717, 1.165) is 13.0 Å². The molecule has 2 unspecified atom stereocenters. The van der Waals surface area contributed by atoms with Crippen molar-refractivity contribution in [1.82, 2.24) is 4.90 Å². The van der Waals surface area contributed by atoms with Crippen LogP contribution >= 0.6 is 11.6 Å². The van der Waals surface area contributed by atoms with E-state index in [1.165, 1.54) is 0 Å². The number of halogens is 1. The van der Waals surface area contributed by atoms with Crippen molar-refractivity contribution in [1.29, 1.82) is 0 Å². The second-order valence-electron chi connectivity index (χ2n) is 4.72. The average molecular weight is 284 g/mol. The third kappa shape index (κ3) is 3.39. The van der Waals surface area contributed by atoms with Gasteiger partial charge in [0.2, 0.25) is 0 Å². The highest BCUT2D eigenvalue weighted by molar-refractivity contribution is 6.32. The molecule has 1 heterocycles. The van der Waals surface area contributed by atoms with Crippen LogP contribution in [0.15, 0.2) is 24.3 Å². The normalized spacial score (nSPS) is 21.3. The van der Waals surface area contributed by atoms with E-state index in [-0.39, 0.29) is 6.10 Å². The standard InChI is InChI=1S/C14H18ClNO3/c1-2-12(14(17)18)16-8-7-10(9-16)19-13-6-4-3-5-11(13)15/h3-6,10,12H,2,7-9H2,1H3,(H,17,18). The van der Waals surface area contributed by atoms with Crippen LogP contribution in [-0.2, 0) is 4.79 Å². The van der Waals surface area contributed by atoms with Gasteiger partial charge in [0.05, 0.1) is 5.02 Å². The molecular formula is C14H18ClNO3. The number of hydrogen-bond acceptors (Lipinski definition) is 3. The Morgan fingerprint density at radius 1 is 1.58 bits per heavy atom. The summed E-state index contributed by atoms with van der Waals surface area (Å²) in [7, 11) is 0. The van der Waals surface area contributed by atoms with Gasteiger partial charge in [-0.2, -0.15) is 0 Å². The number of carboxylic acids is 1. The van der Waals surface area contributed by atoms with Crippen molar-refractivity contribution in [2.75, 3.05) is 13.1 Å². The number of nitrogens with zero attached hydrogens (tertiary/aromatic N) is 1. The maximum absolute atomic E-state index is 11.1. The van der Waals surface area contributed by atoms with Crippen molar-refractivity contribution in [3.8, 4) is 5.75 Å². The molecular weight excluding hydrogens is 266 g/mol. The molecule has 1 fully saturated rings. The van der Waals surface area contributed by atoms with Gasteiger partial charge < -0.3 is 9.84 Å². The number of hydrogen-bond donors (Lipinski definition) is 1. The van der Waals surface area contributed by atoms with Crippen LogP contribution in [0, 0.1) is 0 Å². The van der Waals surface area contributed by atoms with Gasteiger partial charge >= 0.3 is 5.97 Å². The first kappa shape index (κ1) is 14.2. The fourth-order valence-corrected chi connectivity index (χ4v) is 2.62. The zero-order valence-electron chi connectivity index (χ0n) is 10.9. The molecule has 0 amide bonds. The minimum Gasteiger partial charge on any atom is -0.487 e. The van der Waals surface area contributed by atoms with Crippen molar-refractivity contribution in [2.24, 2.45) is 0 Å². The number of aliphatic carboxylic acids is 1. The number of carbonyl (C=O) groups is 1. The summed E-state index contributed by atoms with van der Waals surface area (Å²) < 4.78 is 5.84. The quantitative estimate of drug-likeness (QED) is 0.903. The molecule has 1 aromatic carbocycles. The molecule has 0 spiro atoms. The lowest BCUT2D eigenvalue weighted by molar-refractivity contribution is -0.143. The second kappa shape index (κ2) is 6.26. The molecule has 4 nitrogen and oxygen atoms in total. The van der Waals surface area contributed by atoms with Crippen LogP contribution in [0.2, 0.25) is 5.02 Å². The van der Waals surface area contributed by atoms with Crippen LogP contribution in [0.25, 0.3) is 0 Å². The van der Waals surface area contributed by atoms with Gasteiger partial charge in [-0.3, -0.25) is 9.69 Å². The van der Waals surface area contributed by atoms with E-state index < -0.39 is 12.0 Å². The molecule has 5 heteroatoms. The molecule has 0 radical (unpaired) electrons. The summed E-state index contributed by atoms with van der Waals surface area (Å²) in [5.41, 5.74) is 0. The maximum atomic E-state index is 11.1. The number of ether oxygens (including phenoxy) is 1. The van der Waals surface area contributed by atoms with E-state index in [1.54, 1.807) is 6.07 Å². The lowest BCUT2D eigenvalue weighted by Gasteiger charge is -2.23. The van der Waals surface area contributed by atoms with Crippen molar-refractivity contribution in [2.45, 2.75) is 31.9 Å². The minimum atomic E-state index is -0.763. The highest BCUT2D eigenvalue weighted by Gasteiger charge is 2.32. The van der Waals surface area contributed by atoms with Crippen LogP contribution < -0.4 is 4.74 Å². The summed E-state index contributed by atoms with van der Waals surface area (Å²) in [4.78, 5) is 13.1. The molecule has 2 atom stereocenters. The average Bonchev–Trinajstić information content (AvgIpc) is 2.81. The van der Waals surface area contributed by atoms with Crippen LogP contribution in [0.5, 0.6) is 5.75 Å². The fraction of sp³-hybridized carbons (Fsp3) is 0.500.